The number of likely N-dealkylation sites (tertiary alicyclic amines) is 1. The van der Waals surface area contributed by atoms with Gasteiger partial charge in [-0.25, -0.2) is 0 Å². The molecule has 26 heavy (non-hydrogen) atoms. The third kappa shape index (κ3) is 3.42. The van der Waals surface area contributed by atoms with E-state index >= 15 is 0 Å². The van der Waals surface area contributed by atoms with Gasteiger partial charge >= 0.3 is 12.4 Å². The molecule has 1 N–H and O–H groups in total. The van der Waals surface area contributed by atoms with Gasteiger partial charge in [0.25, 0.3) is 11.8 Å². The first-order valence-corrected chi connectivity index (χ1v) is 8.14. The number of benzene rings is 1. The molecule has 1 amide bonds. The summed E-state index contributed by atoms with van der Waals surface area (Å²) in [6, 6.07) is 5.74. The number of carbonyl (C=O) groups excluding carboxylic acids is 1. The smallest absolute Gasteiger partial charge is 0.315 e. The number of hydrogen-bond acceptors (Lipinski definition) is 5. The van der Waals surface area contributed by atoms with Crippen molar-refractivity contribution in [3.8, 4) is 11.4 Å². The number of alkyl halides is 2. The zero-order chi connectivity index (χ0) is 18.8. The third-order valence-electron chi connectivity index (χ3n) is 4.58. The Balaban J connectivity index is 1.77. The van der Waals surface area contributed by atoms with Gasteiger partial charge in [0.1, 0.15) is 0 Å². The van der Waals surface area contributed by atoms with Gasteiger partial charge in [-0.15, -0.1) is 0 Å². The third-order valence-corrected chi connectivity index (χ3v) is 4.58. The van der Waals surface area contributed by atoms with Crippen molar-refractivity contribution in [2.45, 2.75) is 32.2 Å². The summed E-state index contributed by atoms with van der Waals surface area (Å²) < 4.78 is 29.5. The highest BCUT2D eigenvalue weighted by Gasteiger charge is 2.35. The molecule has 0 bridgehead atoms. The molecule has 1 fully saturated rings. The average molecular weight is 365 g/mol. The molecule has 2 atom stereocenters. The van der Waals surface area contributed by atoms with E-state index in [4.69, 9.17) is 0 Å². The fourth-order valence-electron chi connectivity index (χ4n) is 3.13. The van der Waals surface area contributed by atoms with Crippen molar-refractivity contribution in [2.24, 2.45) is 5.92 Å². The molecule has 1 aliphatic heterocycles. The van der Waals surface area contributed by atoms with E-state index in [1.54, 1.807) is 11.8 Å². The monoisotopic (exact) mass is 365 g/mol. The largest absolute Gasteiger partial charge is 0.481 e. The van der Waals surface area contributed by atoms with E-state index in [1.807, 2.05) is 0 Å². The second kappa shape index (κ2) is 7.19. The standard InChI is InChI=1S/C17H17F2N3O4/c1-9-12(17(24)25)3-2-8-22(9)16(23)11-6-4-10(5-7-11)14-20-15(13(18)19)26-21-14/h4-7,9,12-13H,2-3,8H2,1H3,(H,24,25)/t9-,12-/m1/s1. The Morgan fingerprint density at radius 3 is 2.58 bits per heavy atom. The number of halogens is 2. The first-order valence-electron chi connectivity index (χ1n) is 8.14. The van der Waals surface area contributed by atoms with Crippen molar-refractivity contribution >= 4 is 11.9 Å². The van der Waals surface area contributed by atoms with Gasteiger partial charge in [-0.3, -0.25) is 9.59 Å². The lowest BCUT2D eigenvalue weighted by molar-refractivity contribution is -0.144. The van der Waals surface area contributed by atoms with Crippen molar-refractivity contribution in [1.82, 2.24) is 15.0 Å². The molecular formula is C17H17F2N3O4. The van der Waals surface area contributed by atoms with Crippen LogP contribution in [-0.2, 0) is 4.79 Å². The number of rotatable bonds is 4. The van der Waals surface area contributed by atoms with Crippen LogP contribution < -0.4 is 0 Å². The molecule has 0 unspecified atom stereocenters. The van der Waals surface area contributed by atoms with Gasteiger partial charge in [0.05, 0.1) is 5.92 Å². The van der Waals surface area contributed by atoms with Crippen LogP contribution in [0.3, 0.4) is 0 Å². The minimum atomic E-state index is -2.85. The van der Waals surface area contributed by atoms with Crippen LogP contribution in [0.2, 0.25) is 0 Å². The number of carbonyl (C=O) groups is 2. The summed E-state index contributed by atoms with van der Waals surface area (Å²) in [5, 5.41) is 12.8. The summed E-state index contributed by atoms with van der Waals surface area (Å²) >= 11 is 0. The highest BCUT2D eigenvalue weighted by molar-refractivity contribution is 5.95. The molecule has 1 aromatic heterocycles. The van der Waals surface area contributed by atoms with Crippen molar-refractivity contribution in [1.29, 1.82) is 0 Å². The Hall–Kier alpha value is -2.84. The van der Waals surface area contributed by atoms with Crippen LogP contribution in [0.4, 0.5) is 8.78 Å². The predicted molar refractivity (Wildman–Crippen MR) is 85.5 cm³/mol. The molecule has 2 heterocycles. The highest BCUT2D eigenvalue weighted by atomic mass is 19.3. The Kier molecular flexibility index (Phi) is 4.97. The molecule has 1 aromatic carbocycles. The maximum atomic E-state index is 12.7. The van der Waals surface area contributed by atoms with E-state index in [-0.39, 0.29) is 11.7 Å². The van der Waals surface area contributed by atoms with Crippen LogP contribution in [0.5, 0.6) is 0 Å². The SMILES string of the molecule is C[C@@H]1[C@H](C(=O)O)CCCN1C(=O)c1ccc(-c2noc(C(F)F)n2)cc1. The topological polar surface area (TPSA) is 96.5 Å². The van der Waals surface area contributed by atoms with E-state index in [0.717, 1.165) is 0 Å². The molecular weight excluding hydrogens is 348 g/mol. The quantitative estimate of drug-likeness (QED) is 0.895. The second-order valence-corrected chi connectivity index (χ2v) is 6.16. The summed E-state index contributed by atoms with van der Waals surface area (Å²) in [6.07, 6.45) is -1.67. The fourth-order valence-corrected chi connectivity index (χ4v) is 3.13. The van der Waals surface area contributed by atoms with Crippen LogP contribution >= 0.6 is 0 Å². The van der Waals surface area contributed by atoms with Gasteiger partial charge in [0.2, 0.25) is 5.82 Å². The molecule has 0 radical (unpaired) electrons. The zero-order valence-electron chi connectivity index (χ0n) is 13.9. The molecule has 1 aliphatic rings. The molecule has 0 spiro atoms. The maximum Gasteiger partial charge on any atom is 0.315 e. The highest BCUT2D eigenvalue weighted by Crippen LogP contribution is 2.26. The maximum absolute atomic E-state index is 12.7. The number of aromatic nitrogens is 2. The van der Waals surface area contributed by atoms with Crippen LogP contribution in [0.25, 0.3) is 11.4 Å². The Morgan fingerprint density at radius 2 is 2.00 bits per heavy atom. The number of aliphatic carboxylic acids is 1. The van der Waals surface area contributed by atoms with Gasteiger partial charge in [0.15, 0.2) is 0 Å². The summed E-state index contributed by atoms with van der Waals surface area (Å²) in [5.74, 6) is -2.51. The van der Waals surface area contributed by atoms with Crippen molar-refractivity contribution in [2.75, 3.05) is 6.54 Å². The van der Waals surface area contributed by atoms with Gasteiger partial charge < -0.3 is 14.5 Å². The second-order valence-electron chi connectivity index (χ2n) is 6.16. The molecule has 9 heteroatoms. The van der Waals surface area contributed by atoms with Gasteiger partial charge in [-0.2, -0.15) is 13.8 Å². The molecule has 7 nitrogen and oxygen atoms in total. The lowest BCUT2D eigenvalue weighted by Gasteiger charge is -2.37. The minimum Gasteiger partial charge on any atom is -0.481 e. The number of piperidine rings is 1. The van der Waals surface area contributed by atoms with E-state index in [1.165, 1.54) is 24.3 Å². The Morgan fingerprint density at radius 1 is 1.31 bits per heavy atom. The Bertz CT molecular complexity index is 807. The molecule has 0 saturated carbocycles. The predicted octanol–water partition coefficient (Wildman–Crippen LogP) is 3.00. The summed E-state index contributed by atoms with van der Waals surface area (Å²) in [4.78, 5) is 29.2. The lowest BCUT2D eigenvalue weighted by atomic mass is 9.90. The number of carboxylic acids is 1. The summed E-state index contributed by atoms with van der Waals surface area (Å²) in [7, 11) is 0. The average Bonchev–Trinajstić information content (AvgIpc) is 3.12. The number of carboxylic acid groups (broad SMARTS) is 1. The molecule has 1 saturated heterocycles. The Labute approximate surface area is 147 Å². The van der Waals surface area contributed by atoms with Gasteiger partial charge in [-0.1, -0.05) is 17.3 Å². The van der Waals surface area contributed by atoms with Gasteiger partial charge in [0, 0.05) is 23.7 Å². The van der Waals surface area contributed by atoms with Crippen LogP contribution in [0, 0.1) is 5.92 Å². The summed E-state index contributed by atoms with van der Waals surface area (Å²) in [5.41, 5.74) is 0.816. The van der Waals surface area contributed by atoms with Gasteiger partial charge in [-0.05, 0) is 31.9 Å². The number of amides is 1. The van der Waals surface area contributed by atoms with Crippen molar-refractivity contribution in [3.05, 3.63) is 35.7 Å². The first kappa shape index (κ1) is 18.0. The van der Waals surface area contributed by atoms with Crippen molar-refractivity contribution < 1.29 is 28.0 Å². The van der Waals surface area contributed by atoms with E-state index in [2.05, 4.69) is 14.7 Å². The number of nitrogens with zero attached hydrogens (tertiary/aromatic N) is 3. The van der Waals surface area contributed by atoms with E-state index in [9.17, 15) is 23.5 Å². The normalized spacial score (nSPS) is 20.4. The first-order chi connectivity index (χ1) is 12.4. The zero-order valence-corrected chi connectivity index (χ0v) is 13.9. The molecule has 138 valence electrons. The van der Waals surface area contributed by atoms with Crippen LogP contribution in [-0.4, -0.2) is 44.6 Å². The molecule has 2 aromatic rings. The minimum absolute atomic E-state index is 0.0107. The fraction of sp³-hybridized carbons (Fsp3) is 0.412. The van der Waals surface area contributed by atoms with Crippen molar-refractivity contribution in [3.63, 3.8) is 0 Å². The van der Waals surface area contributed by atoms with Crippen LogP contribution in [0.15, 0.2) is 28.8 Å². The molecule has 0 aliphatic carbocycles. The number of hydrogen-bond donors (Lipinski definition) is 1. The lowest BCUT2D eigenvalue weighted by Crippen LogP contribution is -2.49. The van der Waals surface area contributed by atoms with E-state index < -0.39 is 30.2 Å². The molecule has 3 rings (SSSR count). The summed E-state index contributed by atoms with van der Waals surface area (Å²) in [6.45, 7) is 2.23. The van der Waals surface area contributed by atoms with Crippen LogP contribution in [0.1, 0.15) is 42.4 Å². The van der Waals surface area contributed by atoms with E-state index in [0.29, 0.717) is 30.5 Å².